The van der Waals surface area contributed by atoms with Crippen molar-refractivity contribution in [2.75, 3.05) is 49.2 Å². The number of nitrogens with two attached hydrogens (primary N) is 1. The summed E-state index contributed by atoms with van der Waals surface area (Å²) in [5.41, 5.74) is 10.5. The van der Waals surface area contributed by atoms with E-state index in [2.05, 4.69) is 50.4 Å². The fourth-order valence-electron chi connectivity index (χ4n) is 3.84. The Labute approximate surface area is 187 Å². The van der Waals surface area contributed by atoms with Crippen LogP contribution in [0.3, 0.4) is 0 Å². The zero-order valence-electron chi connectivity index (χ0n) is 18.1. The van der Waals surface area contributed by atoms with Crippen LogP contribution in [-0.2, 0) is 6.61 Å². The van der Waals surface area contributed by atoms with Gasteiger partial charge in [0.15, 0.2) is 11.4 Å². The standard InChI is InChI=1S/C24H27N7O/c1-29-12-14-30(15-13-29)20-8-4-7-19(16-20)26-24-27-23-22(10-5-11-31(23)28-24)32-17-18-6-2-3-9-21(18)25/h2-11,16H,12-15,17,25H2,1H3,(H,26,28). The number of anilines is 4. The number of ether oxygens (including phenoxy) is 1. The Balaban J connectivity index is 1.33. The third kappa shape index (κ3) is 4.31. The summed E-state index contributed by atoms with van der Waals surface area (Å²) < 4.78 is 7.73. The normalized spacial score (nSPS) is 14.6. The predicted octanol–water partition coefficient (Wildman–Crippen LogP) is 3.39. The first kappa shape index (κ1) is 20.1. The number of nitrogens with one attached hydrogen (secondary N) is 1. The summed E-state index contributed by atoms with van der Waals surface area (Å²) >= 11 is 0. The van der Waals surface area contributed by atoms with Crippen LogP contribution in [0.2, 0.25) is 0 Å². The Morgan fingerprint density at radius 3 is 2.69 bits per heavy atom. The number of nitrogens with zero attached hydrogens (tertiary/aromatic N) is 5. The van der Waals surface area contributed by atoms with Gasteiger partial charge in [-0.15, -0.1) is 5.10 Å². The van der Waals surface area contributed by atoms with Crippen LogP contribution in [0.4, 0.5) is 23.0 Å². The van der Waals surface area contributed by atoms with Crippen molar-refractivity contribution in [3.8, 4) is 5.75 Å². The largest absolute Gasteiger partial charge is 0.485 e. The van der Waals surface area contributed by atoms with Crippen molar-refractivity contribution in [1.82, 2.24) is 19.5 Å². The number of rotatable bonds is 6. The fourth-order valence-corrected chi connectivity index (χ4v) is 3.84. The third-order valence-corrected chi connectivity index (χ3v) is 5.74. The van der Waals surface area contributed by atoms with E-state index in [0.29, 0.717) is 29.6 Å². The van der Waals surface area contributed by atoms with Gasteiger partial charge in [-0.2, -0.15) is 4.98 Å². The molecule has 0 atom stereocenters. The third-order valence-electron chi connectivity index (χ3n) is 5.74. The monoisotopic (exact) mass is 429 g/mol. The van der Waals surface area contributed by atoms with E-state index in [9.17, 15) is 0 Å². The minimum atomic E-state index is 0.370. The molecule has 1 fully saturated rings. The minimum Gasteiger partial charge on any atom is -0.485 e. The summed E-state index contributed by atoms with van der Waals surface area (Å²) in [6, 6.07) is 19.9. The van der Waals surface area contributed by atoms with Crippen molar-refractivity contribution in [1.29, 1.82) is 0 Å². The number of benzene rings is 2. The molecule has 0 amide bonds. The molecule has 1 aliphatic rings. The highest BCUT2D eigenvalue weighted by Crippen LogP contribution is 2.25. The van der Waals surface area contributed by atoms with E-state index in [1.54, 1.807) is 4.52 Å². The molecule has 8 heteroatoms. The van der Waals surface area contributed by atoms with E-state index in [1.165, 1.54) is 5.69 Å². The molecule has 0 unspecified atom stereocenters. The van der Waals surface area contributed by atoms with E-state index in [1.807, 2.05) is 48.7 Å². The summed E-state index contributed by atoms with van der Waals surface area (Å²) in [6.07, 6.45) is 1.86. The molecular weight excluding hydrogens is 402 g/mol. The molecule has 0 aliphatic carbocycles. The molecule has 164 valence electrons. The van der Waals surface area contributed by atoms with Crippen LogP contribution in [0.25, 0.3) is 5.65 Å². The Kier molecular flexibility index (Phi) is 5.51. The van der Waals surface area contributed by atoms with E-state index in [0.717, 1.165) is 37.4 Å². The fraction of sp³-hybridized carbons (Fsp3) is 0.250. The van der Waals surface area contributed by atoms with Crippen molar-refractivity contribution in [2.45, 2.75) is 6.61 Å². The highest BCUT2D eigenvalue weighted by Gasteiger charge is 2.15. The number of piperazine rings is 1. The quantitative estimate of drug-likeness (QED) is 0.455. The maximum atomic E-state index is 6.03. The Morgan fingerprint density at radius 1 is 1.00 bits per heavy atom. The van der Waals surface area contributed by atoms with Gasteiger partial charge in [-0.3, -0.25) is 0 Å². The average Bonchev–Trinajstić information content (AvgIpc) is 3.22. The second-order valence-corrected chi connectivity index (χ2v) is 8.03. The summed E-state index contributed by atoms with van der Waals surface area (Å²) in [7, 11) is 2.16. The van der Waals surface area contributed by atoms with Crippen LogP contribution in [0, 0.1) is 0 Å². The number of hydrogen-bond donors (Lipinski definition) is 2. The lowest BCUT2D eigenvalue weighted by Crippen LogP contribution is -2.44. The summed E-state index contributed by atoms with van der Waals surface area (Å²) in [5.74, 6) is 1.18. The van der Waals surface area contributed by atoms with Gasteiger partial charge >= 0.3 is 0 Å². The zero-order chi connectivity index (χ0) is 21.9. The lowest BCUT2D eigenvalue weighted by molar-refractivity contribution is 0.308. The van der Waals surface area contributed by atoms with Crippen LogP contribution in [0.1, 0.15) is 5.56 Å². The molecule has 8 nitrogen and oxygen atoms in total. The number of nitrogen functional groups attached to an aromatic ring is 1. The van der Waals surface area contributed by atoms with Crippen LogP contribution in [0.15, 0.2) is 66.9 Å². The molecular formula is C24H27N7O. The maximum Gasteiger partial charge on any atom is 0.247 e. The number of hydrogen-bond acceptors (Lipinski definition) is 7. The van der Waals surface area contributed by atoms with Crippen LogP contribution in [-0.4, -0.2) is 52.7 Å². The van der Waals surface area contributed by atoms with E-state index in [4.69, 9.17) is 10.5 Å². The van der Waals surface area contributed by atoms with Crippen molar-refractivity contribution in [2.24, 2.45) is 0 Å². The molecule has 2 aromatic carbocycles. The zero-order valence-corrected chi connectivity index (χ0v) is 18.1. The Hall–Kier alpha value is -3.78. The lowest BCUT2D eigenvalue weighted by Gasteiger charge is -2.34. The lowest BCUT2D eigenvalue weighted by atomic mass is 10.2. The summed E-state index contributed by atoms with van der Waals surface area (Å²) in [5, 5.41) is 7.90. The Bertz CT molecular complexity index is 1210. The molecule has 3 N–H and O–H groups in total. The summed E-state index contributed by atoms with van der Waals surface area (Å²) in [4.78, 5) is 9.42. The Morgan fingerprint density at radius 2 is 1.84 bits per heavy atom. The smallest absolute Gasteiger partial charge is 0.247 e. The van der Waals surface area contributed by atoms with Gasteiger partial charge in [0.05, 0.1) is 0 Å². The molecule has 0 bridgehead atoms. The molecule has 3 heterocycles. The number of likely N-dealkylation sites (N-methyl/N-ethyl adjacent to an activating group) is 1. The molecule has 1 saturated heterocycles. The molecule has 32 heavy (non-hydrogen) atoms. The molecule has 0 saturated carbocycles. The average molecular weight is 430 g/mol. The topological polar surface area (TPSA) is 83.9 Å². The number of para-hydroxylation sites is 1. The highest BCUT2D eigenvalue weighted by molar-refractivity contribution is 5.64. The molecule has 0 spiro atoms. The van der Waals surface area contributed by atoms with Crippen LogP contribution < -0.4 is 20.7 Å². The van der Waals surface area contributed by atoms with Gasteiger partial charge in [0.1, 0.15) is 6.61 Å². The SMILES string of the molecule is CN1CCN(c2cccc(Nc3nc4c(OCc5ccccc5N)cccn4n3)c2)CC1. The van der Waals surface area contributed by atoms with Crippen molar-refractivity contribution in [3.05, 3.63) is 72.4 Å². The van der Waals surface area contributed by atoms with Gasteiger partial charge in [0.2, 0.25) is 5.95 Å². The van der Waals surface area contributed by atoms with Gasteiger partial charge in [0, 0.05) is 55.0 Å². The van der Waals surface area contributed by atoms with E-state index >= 15 is 0 Å². The number of pyridine rings is 1. The van der Waals surface area contributed by atoms with Crippen molar-refractivity contribution in [3.63, 3.8) is 0 Å². The van der Waals surface area contributed by atoms with E-state index < -0.39 is 0 Å². The predicted molar refractivity (Wildman–Crippen MR) is 128 cm³/mol. The molecule has 0 radical (unpaired) electrons. The van der Waals surface area contributed by atoms with Gasteiger partial charge in [0.25, 0.3) is 0 Å². The van der Waals surface area contributed by atoms with E-state index in [-0.39, 0.29) is 0 Å². The van der Waals surface area contributed by atoms with Gasteiger partial charge in [-0.05, 0) is 43.4 Å². The molecule has 4 aromatic rings. The van der Waals surface area contributed by atoms with Gasteiger partial charge in [-0.1, -0.05) is 24.3 Å². The first-order chi connectivity index (χ1) is 15.7. The van der Waals surface area contributed by atoms with Crippen molar-refractivity contribution >= 4 is 28.7 Å². The number of fused-ring (bicyclic) bond motifs is 1. The maximum absolute atomic E-state index is 6.03. The highest BCUT2D eigenvalue weighted by atomic mass is 16.5. The summed E-state index contributed by atoms with van der Waals surface area (Å²) in [6.45, 7) is 4.57. The minimum absolute atomic E-state index is 0.370. The van der Waals surface area contributed by atoms with Crippen LogP contribution >= 0.6 is 0 Å². The second kappa shape index (κ2) is 8.76. The number of aromatic nitrogens is 3. The van der Waals surface area contributed by atoms with Crippen LogP contribution in [0.5, 0.6) is 5.75 Å². The van der Waals surface area contributed by atoms with Gasteiger partial charge in [-0.25, -0.2) is 4.52 Å². The van der Waals surface area contributed by atoms with Gasteiger partial charge < -0.3 is 25.6 Å². The first-order valence-corrected chi connectivity index (χ1v) is 10.8. The molecule has 5 rings (SSSR count). The molecule has 2 aromatic heterocycles. The molecule has 1 aliphatic heterocycles. The first-order valence-electron chi connectivity index (χ1n) is 10.8. The second-order valence-electron chi connectivity index (χ2n) is 8.03. The van der Waals surface area contributed by atoms with Crippen molar-refractivity contribution < 1.29 is 4.74 Å².